The van der Waals surface area contributed by atoms with Gasteiger partial charge in [0.05, 0.1) is 5.56 Å². The Hall–Kier alpha value is -1.79. The highest BCUT2D eigenvalue weighted by Gasteiger charge is 2.33. The lowest BCUT2D eigenvalue weighted by molar-refractivity contribution is -0.137. The average Bonchev–Trinajstić information content (AvgIpc) is 2.54. The van der Waals surface area contributed by atoms with Crippen molar-refractivity contribution in [1.29, 1.82) is 0 Å². The van der Waals surface area contributed by atoms with Crippen LogP contribution in [-0.4, -0.2) is 20.3 Å². The summed E-state index contributed by atoms with van der Waals surface area (Å²) in [6, 6.07) is 12.7. The van der Waals surface area contributed by atoms with Gasteiger partial charge >= 0.3 is 13.3 Å². The summed E-state index contributed by atoms with van der Waals surface area (Å²) in [5.74, 6) is 0. The van der Waals surface area contributed by atoms with Crippen molar-refractivity contribution in [1.82, 2.24) is 0 Å². The van der Waals surface area contributed by atoms with E-state index < -0.39 is 11.7 Å². The topological polar surface area (TPSA) is 18.5 Å². The highest BCUT2D eigenvalue weighted by Crippen LogP contribution is 2.31. The van der Waals surface area contributed by atoms with Gasteiger partial charge in [0.1, 0.15) is 0 Å². The van der Waals surface area contributed by atoms with Gasteiger partial charge in [-0.2, -0.15) is 13.2 Å². The molecule has 1 heterocycles. The molecule has 2 aromatic rings. The first kappa shape index (κ1) is 17.1. The van der Waals surface area contributed by atoms with E-state index >= 15 is 0 Å². The molecule has 0 unspecified atom stereocenters. The predicted octanol–water partition coefficient (Wildman–Crippen LogP) is 4.14. The molecule has 24 heavy (non-hydrogen) atoms. The molecule has 0 aromatic heterocycles. The maximum absolute atomic E-state index is 12.6. The molecule has 1 saturated heterocycles. The molecule has 0 saturated carbocycles. The van der Waals surface area contributed by atoms with Crippen LogP contribution >= 0.6 is 0 Å². The average molecular weight is 334 g/mol. The summed E-state index contributed by atoms with van der Waals surface area (Å²) >= 11 is 0. The van der Waals surface area contributed by atoms with Crippen molar-refractivity contribution in [2.24, 2.45) is 5.41 Å². The van der Waals surface area contributed by atoms with Gasteiger partial charge < -0.3 is 9.31 Å². The molecule has 0 N–H and O–H groups in total. The predicted molar refractivity (Wildman–Crippen MR) is 88.0 cm³/mol. The molecule has 6 heteroatoms. The summed E-state index contributed by atoms with van der Waals surface area (Å²) in [5, 5.41) is 0. The van der Waals surface area contributed by atoms with Crippen LogP contribution in [0.5, 0.6) is 0 Å². The van der Waals surface area contributed by atoms with Gasteiger partial charge in [-0.1, -0.05) is 50.2 Å². The molecule has 1 aliphatic rings. The number of alkyl halides is 3. The molecule has 0 atom stereocenters. The Kier molecular flexibility index (Phi) is 4.45. The molecular formula is C18H18BF3O2. The van der Waals surface area contributed by atoms with E-state index in [1.54, 1.807) is 0 Å². The van der Waals surface area contributed by atoms with Crippen LogP contribution in [0.3, 0.4) is 0 Å². The summed E-state index contributed by atoms with van der Waals surface area (Å²) in [7, 11) is -0.389. The van der Waals surface area contributed by atoms with Crippen molar-refractivity contribution in [3.63, 3.8) is 0 Å². The van der Waals surface area contributed by atoms with E-state index in [-0.39, 0.29) is 12.5 Å². The maximum Gasteiger partial charge on any atom is 0.493 e. The SMILES string of the molecule is CC1(C)COB(c2ccc(-c3ccc(C(F)(F)F)cc3)cc2)OC1. The molecule has 0 spiro atoms. The van der Waals surface area contributed by atoms with Crippen LogP contribution < -0.4 is 5.46 Å². The third-order valence-electron chi connectivity index (χ3n) is 3.98. The van der Waals surface area contributed by atoms with Crippen molar-refractivity contribution >= 4 is 12.6 Å². The van der Waals surface area contributed by atoms with E-state index in [4.69, 9.17) is 9.31 Å². The first-order chi connectivity index (χ1) is 11.2. The molecule has 0 radical (unpaired) electrons. The Morgan fingerprint density at radius 1 is 0.833 bits per heavy atom. The first-order valence-corrected chi connectivity index (χ1v) is 7.75. The highest BCUT2D eigenvalue weighted by molar-refractivity contribution is 6.61. The second-order valence-electron chi connectivity index (χ2n) is 6.82. The molecule has 126 valence electrons. The highest BCUT2D eigenvalue weighted by atomic mass is 19.4. The van der Waals surface area contributed by atoms with Crippen LogP contribution in [0.1, 0.15) is 19.4 Å². The Balaban J connectivity index is 1.73. The van der Waals surface area contributed by atoms with Gasteiger partial charge in [-0.15, -0.1) is 0 Å². The summed E-state index contributed by atoms with van der Waals surface area (Å²) in [6.07, 6.45) is -4.31. The van der Waals surface area contributed by atoms with Crippen molar-refractivity contribution in [3.05, 3.63) is 54.1 Å². The summed E-state index contributed by atoms with van der Waals surface area (Å²) in [4.78, 5) is 0. The van der Waals surface area contributed by atoms with Gasteiger partial charge in [-0.05, 0) is 28.7 Å². The van der Waals surface area contributed by atoms with Crippen molar-refractivity contribution < 1.29 is 22.5 Å². The monoisotopic (exact) mass is 334 g/mol. The third kappa shape index (κ3) is 3.82. The number of hydrogen-bond donors (Lipinski definition) is 0. The Bertz CT molecular complexity index is 684. The van der Waals surface area contributed by atoms with Crippen LogP contribution in [-0.2, 0) is 15.5 Å². The minimum atomic E-state index is -4.31. The quantitative estimate of drug-likeness (QED) is 0.769. The van der Waals surface area contributed by atoms with Gasteiger partial charge in [0.2, 0.25) is 0 Å². The van der Waals surface area contributed by atoms with E-state index in [2.05, 4.69) is 13.8 Å². The second-order valence-corrected chi connectivity index (χ2v) is 6.82. The Morgan fingerprint density at radius 2 is 1.29 bits per heavy atom. The fraction of sp³-hybridized carbons (Fsp3) is 0.333. The zero-order valence-electron chi connectivity index (χ0n) is 13.6. The standard InChI is InChI=1S/C18H18BF3O2/c1-17(2)11-23-19(24-12-17)16-9-5-14(6-10-16)13-3-7-15(8-4-13)18(20,21)22/h3-10H,11-12H2,1-2H3. The fourth-order valence-corrected chi connectivity index (χ4v) is 2.57. The maximum atomic E-state index is 12.6. The summed E-state index contributed by atoms with van der Waals surface area (Å²) in [5.41, 5.74) is 1.86. The fourth-order valence-electron chi connectivity index (χ4n) is 2.57. The number of benzene rings is 2. The Labute approximate surface area is 139 Å². The summed E-state index contributed by atoms with van der Waals surface area (Å²) < 4.78 is 49.3. The largest absolute Gasteiger partial charge is 0.493 e. The number of hydrogen-bond acceptors (Lipinski definition) is 2. The minimum absolute atomic E-state index is 0.0106. The zero-order valence-corrected chi connectivity index (χ0v) is 13.6. The molecule has 1 aliphatic heterocycles. The molecule has 2 aromatic carbocycles. The van der Waals surface area contributed by atoms with Gasteiger partial charge in [0, 0.05) is 18.6 Å². The first-order valence-electron chi connectivity index (χ1n) is 7.75. The normalized spacial score (nSPS) is 17.8. The van der Waals surface area contributed by atoms with E-state index in [1.807, 2.05) is 24.3 Å². The van der Waals surface area contributed by atoms with Gasteiger partial charge in [0.15, 0.2) is 0 Å². The lowest BCUT2D eigenvalue weighted by Gasteiger charge is -2.33. The van der Waals surface area contributed by atoms with Crippen LogP contribution in [0, 0.1) is 5.41 Å². The van der Waals surface area contributed by atoms with Crippen molar-refractivity contribution in [2.75, 3.05) is 13.2 Å². The Morgan fingerprint density at radius 3 is 1.75 bits per heavy atom. The van der Waals surface area contributed by atoms with Crippen LogP contribution in [0.2, 0.25) is 0 Å². The number of rotatable bonds is 2. The van der Waals surface area contributed by atoms with E-state index in [0.717, 1.165) is 28.7 Å². The molecule has 3 rings (SSSR count). The van der Waals surface area contributed by atoms with Gasteiger partial charge in [-0.3, -0.25) is 0 Å². The molecule has 0 amide bonds. The molecule has 1 fully saturated rings. The van der Waals surface area contributed by atoms with Crippen molar-refractivity contribution in [3.8, 4) is 11.1 Å². The molecular weight excluding hydrogens is 316 g/mol. The van der Waals surface area contributed by atoms with E-state index in [0.29, 0.717) is 13.2 Å². The molecule has 2 nitrogen and oxygen atoms in total. The second kappa shape index (κ2) is 6.26. The third-order valence-corrected chi connectivity index (χ3v) is 3.98. The summed E-state index contributed by atoms with van der Waals surface area (Å²) in [6.45, 7) is 5.41. The number of halogens is 3. The van der Waals surface area contributed by atoms with Gasteiger partial charge in [-0.25, -0.2) is 0 Å². The van der Waals surface area contributed by atoms with E-state index in [9.17, 15) is 13.2 Å². The lowest BCUT2D eigenvalue weighted by Crippen LogP contribution is -2.47. The minimum Gasteiger partial charge on any atom is -0.407 e. The van der Waals surface area contributed by atoms with Crippen LogP contribution in [0.25, 0.3) is 11.1 Å². The zero-order chi connectivity index (χ0) is 17.4. The van der Waals surface area contributed by atoms with Gasteiger partial charge in [0.25, 0.3) is 0 Å². The smallest absolute Gasteiger partial charge is 0.407 e. The van der Waals surface area contributed by atoms with Crippen LogP contribution in [0.4, 0.5) is 13.2 Å². The van der Waals surface area contributed by atoms with E-state index in [1.165, 1.54) is 12.1 Å². The lowest BCUT2D eigenvalue weighted by atomic mass is 9.75. The van der Waals surface area contributed by atoms with Crippen molar-refractivity contribution in [2.45, 2.75) is 20.0 Å². The molecule has 0 aliphatic carbocycles. The van der Waals surface area contributed by atoms with Crippen LogP contribution in [0.15, 0.2) is 48.5 Å². The molecule has 0 bridgehead atoms.